The van der Waals surface area contributed by atoms with Gasteiger partial charge in [0.25, 0.3) is 0 Å². The normalized spacial score (nSPS) is 22.9. The van der Waals surface area contributed by atoms with Crippen molar-refractivity contribution in [2.24, 2.45) is 17.8 Å². The molecule has 0 saturated heterocycles. The summed E-state index contributed by atoms with van der Waals surface area (Å²) in [7, 11) is 0. The van der Waals surface area contributed by atoms with Crippen molar-refractivity contribution in [1.82, 2.24) is 5.32 Å². The molecule has 7 atom stereocenters. The van der Waals surface area contributed by atoms with Gasteiger partial charge < -0.3 is 30.8 Å². The topological polar surface area (TPSA) is 147 Å². The lowest BCUT2D eigenvalue weighted by Crippen LogP contribution is -2.42. The van der Waals surface area contributed by atoms with Crippen LogP contribution in [0.15, 0.2) is 83.5 Å². The molecular weight excluding hydrogens is 558 g/mol. The predicted octanol–water partition coefficient (Wildman–Crippen LogP) is 4.72. The lowest BCUT2D eigenvalue weighted by Gasteiger charge is -2.27. The molecule has 1 rings (SSSR count). The van der Waals surface area contributed by atoms with Crippen LogP contribution in [0.1, 0.15) is 59.8 Å². The molecule has 8 nitrogen and oxygen atoms in total. The quantitative estimate of drug-likeness (QED) is 0.110. The van der Waals surface area contributed by atoms with Crippen LogP contribution in [0.5, 0.6) is 0 Å². The molecule has 0 aromatic carbocycles. The molecule has 0 spiro atoms. The van der Waals surface area contributed by atoms with E-state index in [1.807, 2.05) is 39.0 Å². The van der Waals surface area contributed by atoms with E-state index >= 15 is 0 Å². The van der Waals surface area contributed by atoms with Gasteiger partial charge in [0.1, 0.15) is 6.10 Å². The van der Waals surface area contributed by atoms with Crippen LogP contribution in [0.25, 0.3) is 0 Å². The van der Waals surface area contributed by atoms with Crippen LogP contribution in [0.3, 0.4) is 0 Å². The standard InChI is InChI=1S/C33H48ClNO7/c1-22(2)12-5-8-17-27(36)21-29(37)32(40)31(39)24(4)28(34)18-9-6-13-23(3)14-7-10-19-30(38)35-26-16-11-15-25(20-26)33(41)42/h5-10,12-14,17-19,22,24-27,29,31-32,36-37,39-40H,11,15-16,20-21H2,1-4H3,(H,35,38)(H,41,42). The van der Waals surface area contributed by atoms with Crippen LogP contribution in [0.2, 0.25) is 0 Å². The van der Waals surface area contributed by atoms with Crippen molar-refractivity contribution < 1.29 is 35.1 Å². The van der Waals surface area contributed by atoms with E-state index in [2.05, 4.69) is 5.32 Å². The highest BCUT2D eigenvalue weighted by molar-refractivity contribution is 6.30. The molecule has 0 heterocycles. The van der Waals surface area contributed by atoms with E-state index in [9.17, 15) is 35.1 Å². The number of hydrogen-bond acceptors (Lipinski definition) is 6. The lowest BCUT2D eigenvalue weighted by atomic mass is 9.86. The zero-order valence-corrected chi connectivity index (χ0v) is 25.8. The second-order valence-corrected chi connectivity index (χ2v) is 11.6. The van der Waals surface area contributed by atoms with E-state index in [1.165, 1.54) is 12.2 Å². The SMILES string of the molecule is CC(C=CC=CC(=O)NC1CCCC(C(=O)O)C1)=CC=CC=C(Cl)C(C)C(O)C(O)C(O)CC(O)C=CC=CC(C)C. The number of carboxylic acid groups (broad SMARTS) is 1. The number of halogens is 1. The first-order valence-electron chi connectivity index (χ1n) is 14.5. The van der Waals surface area contributed by atoms with E-state index < -0.39 is 42.2 Å². The minimum Gasteiger partial charge on any atom is -0.481 e. The summed E-state index contributed by atoms with van der Waals surface area (Å²) in [5.74, 6) is -1.75. The van der Waals surface area contributed by atoms with E-state index in [1.54, 1.807) is 49.5 Å². The number of carbonyl (C=O) groups excluding carboxylic acids is 1. The van der Waals surface area contributed by atoms with Gasteiger partial charge in [-0.3, -0.25) is 9.59 Å². The van der Waals surface area contributed by atoms with Gasteiger partial charge in [-0.25, -0.2) is 0 Å². The van der Waals surface area contributed by atoms with E-state index in [0.717, 1.165) is 18.4 Å². The maximum Gasteiger partial charge on any atom is 0.306 e. The molecule has 0 aliphatic heterocycles. The van der Waals surface area contributed by atoms with Crippen LogP contribution in [0.4, 0.5) is 0 Å². The average molecular weight is 606 g/mol. The van der Waals surface area contributed by atoms with Gasteiger partial charge in [-0.05, 0) is 38.2 Å². The number of carbonyl (C=O) groups is 2. The zero-order chi connectivity index (χ0) is 31.7. The number of hydrogen-bond donors (Lipinski definition) is 6. The molecule has 6 N–H and O–H groups in total. The smallest absolute Gasteiger partial charge is 0.306 e. The van der Waals surface area contributed by atoms with Gasteiger partial charge in [0, 0.05) is 29.5 Å². The van der Waals surface area contributed by atoms with Gasteiger partial charge in [-0.15, -0.1) is 0 Å². The molecule has 1 aliphatic rings. The zero-order valence-electron chi connectivity index (χ0n) is 25.0. The van der Waals surface area contributed by atoms with Crippen LogP contribution in [0, 0.1) is 17.8 Å². The first-order chi connectivity index (χ1) is 19.8. The van der Waals surface area contributed by atoms with E-state index in [4.69, 9.17) is 11.6 Å². The van der Waals surface area contributed by atoms with Crippen molar-refractivity contribution >= 4 is 23.5 Å². The first-order valence-corrected chi connectivity index (χ1v) is 14.9. The molecule has 0 aromatic rings. The third-order valence-corrected chi connectivity index (χ3v) is 7.40. The predicted molar refractivity (Wildman–Crippen MR) is 168 cm³/mol. The Labute approximate surface area is 255 Å². The van der Waals surface area contributed by atoms with Gasteiger partial charge >= 0.3 is 5.97 Å². The van der Waals surface area contributed by atoms with Gasteiger partial charge in [0.05, 0.1) is 24.2 Å². The molecule has 7 unspecified atom stereocenters. The van der Waals surface area contributed by atoms with E-state index in [-0.39, 0.29) is 23.4 Å². The monoisotopic (exact) mass is 605 g/mol. The largest absolute Gasteiger partial charge is 0.481 e. The minimum atomic E-state index is -1.49. The van der Waals surface area contributed by atoms with Gasteiger partial charge in [0.15, 0.2) is 0 Å². The Hall–Kier alpha value is -2.75. The Bertz CT molecular complexity index is 1060. The summed E-state index contributed by atoms with van der Waals surface area (Å²) in [5.41, 5.74) is 0.899. The fraction of sp³-hybridized carbons (Fsp3) is 0.515. The molecule has 1 amide bonds. The van der Waals surface area contributed by atoms with Crippen LogP contribution in [-0.2, 0) is 9.59 Å². The third-order valence-electron chi connectivity index (χ3n) is 6.93. The number of carboxylic acids is 1. The molecule has 0 bridgehead atoms. The Morgan fingerprint density at radius 2 is 1.52 bits per heavy atom. The summed E-state index contributed by atoms with van der Waals surface area (Å²) in [6.07, 6.45) is 17.7. The summed E-state index contributed by atoms with van der Waals surface area (Å²) in [6.45, 7) is 7.56. The van der Waals surface area contributed by atoms with Crippen molar-refractivity contribution in [2.45, 2.75) is 90.3 Å². The Kier molecular flexibility index (Phi) is 17.9. The number of aliphatic hydroxyl groups excluding tert-OH is 4. The van der Waals surface area contributed by atoms with Crippen molar-refractivity contribution in [2.75, 3.05) is 0 Å². The number of amides is 1. The van der Waals surface area contributed by atoms with Crippen molar-refractivity contribution in [3.63, 3.8) is 0 Å². The number of aliphatic carboxylic acids is 1. The molecule has 9 heteroatoms. The lowest BCUT2D eigenvalue weighted by molar-refractivity contribution is -0.143. The third kappa shape index (κ3) is 15.5. The van der Waals surface area contributed by atoms with E-state index in [0.29, 0.717) is 18.8 Å². The first kappa shape index (κ1) is 37.3. The van der Waals surface area contributed by atoms with Crippen LogP contribution in [-0.4, -0.2) is 67.9 Å². The van der Waals surface area contributed by atoms with Gasteiger partial charge in [0.2, 0.25) is 5.91 Å². The van der Waals surface area contributed by atoms with Crippen LogP contribution < -0.4 is 5.32 Å². The summed E-state index contributed by atoms with van der Waals surface area (Å²) in [6, 6.07) is -0.123. The maximum absolute atomic E-state index is 12.1. The number of aliphatic hydroxyl groups is 4. The molecule has 1 fully saturated rings. The molecule has 234 valence electrons. The second-order valence-electron chi connectivity index (χ2n) is 11.1. The summed E-state index contributed by atoms with van der Waals surface area (Å²) < 4.78 is 0. The van der Waals surface area contributed by atoms with Crippen molar-refractivity contribution in [1.29, 1.82) is 0 Å². The number of nitrogens with one attached hydrogen (secondary N) is 1. The van der Waals surface area contributed by atoms with Gasteiger partial charge in [-0.2, -0.15) is 0 Å². The summed E-state index contributed by atoms with van der Waals surface area (Å²) in [5, 5.41) is 53.5. The fourth-order valence-electron chi connectivity index (χ4n) is 4.34. The number of allylic oxidation sites excluding steroid dienone is 11. The molecule has 1 saturated carbocycles. The molecule has 42 heavy (non-hydrogen) atoms. The fourth-order valence-corrected chi connectivity index (χ4v) is 4.54. The minimum absolute atomic E-state index is 0.123. The highest BCUT2D eigenvalue weighted by atomic mass is 35.5. The van der Waals surface area contributed by atoms with Crippen molar-refractivity contribution in [3.05, 3.63) is 83.5 Å². The Balaban J connectivity index is 2.53. The highest BCUT2D eigenvalue weighted by Crippen LogP contribution is 2.25. The molecule has 0 radical (unpaired) electrons. The van der Waals surface area contributed by atoms with Gasteiger partial charge in [-0.1, -0.05) is 105 Å². The summed E-state index contributed by atoms with van der Waals surface area (Å²) in [4.78, 5) is 23.3. The molecular formula is C33H48ClNO7. The molecule has 0 aromatic heterocycles. The number of rotatable bonds is 16. The average Bonchev–Trinajstić information content (AvgIpc) is 2.94. The maximum atomic E-state index is 12.1. The Morgan fingerprint density at radius 3 is 2.19 bits per heavy atom. The highest BCUT2D eigenvalue weighted by Gasteiger charge is 2.31. The Morgan fingerprint density at radius 1 is 0.881 bits per heavy atom. The van der Waals surface area contributed by atoms with Crippen LogP contribution >= 0.6 is 11.6 Å². The molecule has 1 aliphatic carbocycles. The van der Waals surface area contributed by atoms with Crippen molar-refractivity contribution in [3.8, 4) is 0 Å². The second kappa shape index (κ2) is 20.2. The summed E-state index contributed by atoms with van der Waals surface area (Å²) >= 11 is 6.31.